The third-order valence-corrected chi connectivity index (χ3v) is 3.48. The molecule has 2 aromatic carbocycles. The minimum Gasteiger partial charge on any atom is -0.489 e. The number of fused-ring (bicyclic) bond motifs is 1. The SMILES string of the molecule is O=C1c2cc([N+](=O)[O-])ccc2OC[C@]1(O)c1ccccc1. The Morgan fingerprint density at radius 3 is 2.57 bits per heavy atom. The van der Waals surface area contributed by atoms with Gasteiger partial charge < -0.3 is 9.84 Å². The van der Waals surface area contributed by atoms with Crippen molar-refractivity contribution in [3.8, 4) is 5.75 Å². The second-order valence-electron chi connectivity index (χ2n) is 4.78. The fraction of sp³-hybridized carbons (Fsp3) is 0.133. The van der Waals surface area contributed by atoms with E-state index in [-0.39, 0.29) is 23.6 Å². The number of non-ortho nitro benzene ring substituents is 1. The van der Waals surface area contributed by atoms with Crippen molar-refractivity contribution in [2.75, 3.05) is 6.61 Å². The lowest BCUT2D eigenvalue weighted by atomic mass is 9.84. The number of Topliss-reactive ketones (excluding diaryl/α,β-unsaturated/α-hetero) is 1. The van der Waals surface area contributed by atoms with Gasteiger partial charge >= 0.3 is 0 Å². The van der Waals surface area contributed by atoms with Crippen LogP contribution in [0.5, 0.6) is 5.75 Å². The molecule has 0 unspecified atom stereocenters. The highest BCUT2D eigenvalue weighted by Gasteiger charge is 2.44. The van der Waals surface area contributed by atoms with Crippen LogP contribution in [0.4, 0.5) is 5.69 Å². The lowest BCUT2D eigenvalue weighted by molar-refractivity contribution is -0.384. The molecule has 0 aromatic heterocycles. The van der Waals surface area contributed by atoms with Crippen LogP contribution in [-0.4, -0.2) is 22.4 Å². The summed E-state index contributed by atoms with van der Waals surface area (Å²) in [5.41, 5.74) is -1.64. The normalized spacial score (nSPS) is 20.5. The minimum absolute atomic E-state index is 0.0156. The molecule has 21 heavy (non-hydrogen) atoms. The number of carbonyl (C=O) groups excluding carboxylic acids is 1. The van der Waals surface area contributed by atoms with Gasteiger partial charge in [0.1, 0.15) is 12.4 Å². The van der Waals surface area contributed by atoms with Gasteiger partial charge in [0.25, 0.3) is 5.69 Å². The molecule has 1 aliphatic heterocycles. The van der Waals surface area contributed by atoms with E-state index in [4.69, 9.17) is 4.74 Å². The van der Waals surface area contributed by atoms with Gasteiger partial charge in [-0.05, 0) is 11.6 Å². The van der Waals surface area contributed by atoms with E-state index >= 15 is 0 Å². The van der Waals surface area contributed by atoms with E-state index < -0.39 is 16.3 Å². The summed E-state index contributed by atoms with van der Waals surface area (Å²) < 4.78 is 5.41. The molecule has 0 spiro atoms. The van der Waals surface area contributed by atoms with Crippen LogP contribution in [0, 0.1) is 10.1 Å². The molecule has 0 bridgehead atoms. The van der Waals surface area contributed by atoms with Crippen molar-refractivity contribution >= 4 is 11.5 Å². The van der Waals surface area contributed by atoms with Crippen LogP contribution in [0.3, 0.4) is 0 Å². The fourth-order valence-electron chi connectivity index (χ4n) is 2.33. The van der Waals surface area contributed by atoms with Crippen LogP contribution in [0.25, 0.3) is 0 Å². The zero-order chi connectivity index (χ0) is 15.0. The second-order valence-corrected chi connectivity index (χ2v) is 4.78. The van der Waals surface area contributed by atoms with Crippen molar-refractivity contribution in [3.05, 3.63) is 69.8 Å². The van der Waals surface area contributed by atoms with Gasteiger partial charge in [-0.3, -0.25) is 14.9 Å². The summed E-state index contributed by atoms with van der Waals surface area (Å²) in [6.45, 7) is -0.222. The molecule has 1 N–H and O–H groups in total. The van der Waals surface area contributed by atoms with Crippen molar-refractivity contribution in [3.63, 3.8) is 0 Å². The van der Waals surface area contributed by atoms with Crippen molar-refractivity contribution < 1.29 is 19.6 Å². The third kappa shape index (κ3) is 2.05. The van der Waals surface area contributed by atoms with E-state index in [1.807, 2.05) is 0 Å². The first-order chi connectivity index (χ1) is 10.0. The third-order valence-electron chi connectivity index (χ3n) is 3.48. The Balaban J connectivity index is 2.10. The molecule has 1 aliphatic rings. The summed E-state index contributed by atoms with van der Waals surface area (Å²) in [5.74, 6) is -0.357. The molecule has 0 fully saturated rings. The van der Waals surface area contributed by atoms with Crippen LogP contribution < -0.4 is 4.74 Å². The molecule has 106 valence electrons. The number of rotatable bonds is 2. The van der Waals surface area contributed by atoms with Crippen molar-refractivity contribution in [1.82, 2.24) is 0 Å². The number of aliphatic hydroxyl groups is 1. The maximum atomic E-state index is 12.6. The van der Waals surface area contributed by atoms with E-state index in [2.05, 4.69) is 0 Å². The van der Waals surface area contributed by atoms with Crippen LogP contribution in [-0.2, 0) is 5.60 Å². The Morgan fingerprint density at radius 2 is 1.90 bits per heavy atom. The van der Waals surface area contributed by atoms with E-state index in [0.717, 1.165) is 6.07 Å². The summed E-state index contributed by atoms with van der Waals surface area (Å²) in [6, 6.07) is 12.2. The summed E-state index contributed by atoms with van der Waals surface area (Å²) in [7, 11) is 0. The predicted octanol–water partition coefficient (Wildman–Crippen LogP) is 2.06. The van der Waals surface area contributed by atoms with Gasteiger partial charge in [0.2, 0.25) is 5.78 Å². The van der Waals surface area contributed by atoms with Crippen molar-refractivity contribution in [2.24, 2.45) is 0 Å². The maximum Gasteiger partial charge on any atom is 0.270 e. The van der Waals surface area contributed by atoms with Crippen LogP contribution in [0.15, 0.2) is 48.5 Å². The number of ketones is 1. The Hall–Kier alpha value is -2.73. The average molecular weight is 285 g/mol. The van der Waals surface area contributed by atoms with Gasteiger partial charge in [-0.1, -0.05) is 30.3 Å². The van der Waals surface area contributed by atoms with Gasteiger partial charge in [-0.25, -0.2) is 0 Å². The number of nitro benzene ring substituents is 1. The number of carbonyl (C=O) groups is 1. The summed E-state index contributed by atoms with van der Waals surface area (Å²) in [5, 5.41) is 21.5. The molecule has 0 aliphatic carbocycles. The number of nitro groups is 1. The Morgan fingerprint density at radius 1 is 1.19 bits per heavy atom. The molecule has 6 nitrogen and oxygen atoms in total. The van der Waals surface area contributed by atoms with Crippen molar-refractivity contribution in [2.45, 2.75) is 5.60 Å². The second kappa shape index (κ2) is 4.68. The van der Waals surface area contributed by atoms with E-state index in [0.29, 0.717) is 5.56 Å². The topological polar surface area (TPSA) is 89.7 Å². The highest BCUT2D eigenvalue weighted by molar-refractivity contribution is 6.06. The molecular weight excluding hydrogens is 274 g/mol. The first-order valence-electron chi connectivity index (χ1n) is 6.26. The smallest absolute Gasteiger partial charge is 0.270 e. The molecular formula is C15H11NO5. The molecule has 0 saturated heterocycles. The van der Waals surface area contributed by atoms with E-state index in [9.17, 15) is 20.0 Å². The minimum atomic E-state index is -1.83. The first-order valence-corrected chi connectivity index (χ1v) is 6.26. The zero-order valence-corrected chi connectivity index (χ0v) is 10.9. The summed E-state index contributed by atoms with van der Waals surface area (Å²) in [4.78, 5) is 22.8. The highest BCUT2D eigenvalue weighted by atomic mass is 16.6. The summed E-state index contributed by atoms with van der Waals surface area (Å²) >= 11 is 0. The van der Waals surface area contributed by atoms with E-state index in [1.165, 1.54) is 12.1 Å². The Labute approximate surface area is 119 Å². The molecule has 0 amide bonds. The van der Waals surface area contributed by atoms with Crippen LogP contribution in [0.1, 0.15) is 15.9 Å². The Kier molecular flexibility index (Phi) is 2.95. The molecule has 0 saturated carbocycles. The molecule has 0 radical (unpaired) electrons. The highest BCUT2D eigenvalue weighted by Crippen LogP contribution is 2.37. The monoisotopic (exact) mass is 285 g/mol. The quantitative estimate of drug-likeness (QED) is 0.673. The maximum absolute atomic E-state index is 12.6. The van der Waals surface area contributed by atoms with Crippen molar-refractivity contribution in [1.29, 1.82) is 0 Å². The lowest BCUT2D eigenvalue weighted by Gasteiger charge is -2.32. The van der Waals surface area contributed by atoms with E-state index in [1.54, 1.807) is 30.3 Å². The van der Waals surface area contributed by atoms with Crippen LogP contribution in [0.2, 0.25) is 0 Å². The molecule has 3 rings (SSSR count). The number of hydrogen-bond donors (Lipinski definition) is 1. The predicted molar refractivity (Wildman–Crippen MR) is 73.3 cm³/mol. The zero-order valence-electron chi connectivity index (χ0n) is 10.9. The van der Waals surface area contributed by atoms with Gasteiger partial charge in [-0.15, -0.1) is 0 Å². The number of benzene rings is 2. The first kappa shape index (κ1) is 13.3. The lowest BCUT2D eigenvalue weighted by Crippen LogP contribution is -2.44. The largest absolute Gasteiger partial charge is 0.489 e. The molecule has 1 heterocycles. The summed E-state index contributed by atoms with van der Waals surface area (Å²) in [6.07, 6.45) is 0. The molecule has 2 aromatic rings. The van der Waals surface area contributed by atoms with Gasteiger partial charge in [0, 0.05) is 12.1 Å². The average Bonchev–Trinajstić information content (AvgIpc) is 2.51. The van der Waals surface area contributed by atoms with Gasteiger partial charge in [-0.2, -0.15) is 0 Å². The standard InChI is InChI=1S/C15H11NO5/c17-14-12-8-11(16(19)20)6-7-13(12)21-9-15(14,18)10-4-2-1-3-5-10/h1-8,18H,9H2/t15-/m0/s1. The van der Waals surface area contributed by atoms with Crippen LogP contribution >= 0.6 is 0 Å². The molecule has 1 atom stereocenters. The Bertz CT molecular complexity index is 728. The van der Waals surface area contributed by atoms with Gasteiger partial charge in [0.05, 0.1) is 10.5 Å². The fourth-order valence-corrected chi connectivity index (χ4v) is 2.33. The number of ether oxygens (including phenoxy) is 1. The number of hydrogen-bond acceptors (Lipinski definition) is 5. The molecule has 6 heteroatoms. The van der Waals surface area contributed by atoms with Gasteiger partial charge in [0.15, 0.2) is 5.60 Å². The number of nitrogens with zero attached hydrogens (tertiary/aromatic N) is 1.